The summed E-state index contributed by atoms with van der Waals surface area (Å²) in [6.07, 6.45) is 1.32. The molecule has 0 saturated carbocycles. The molecule has 1 rings (SSSR count). The number of Topliss-reactive ketones (excluding diaryl/α,β-unsaturated/α-hetero) is 1. The molecule has 0 bridgehead atoms. The van der Waals surface area contributed by atoms with Crippen molar-refractivity contribution < 1.29 is 9.53 Å². The van der Waals surface area contributed by atoms with Crippen LogP contribution in [0.4, 0.5) is 0 Å². The normalized spacial score (nSPS) is 9.50. The van der Waals surface area contributed by atoms with Gasteiger partial charge in [-0.3, -0.25) is 4.79 Å². The number of rotatable bonds is 3. The van der Waals surface area contributed by atoms with E-state index in [0.717, 1.165) is 0 Å². The van der Waals surface area contributed by atoms with Crippen LogP contribution in [0.15, 0.2) is 12.4 Å². The van der Waals surface area contributed by atoms with E-state index in [0.29, 0.717) is 18.2 Å². The Labute approximate surface area is 70.6 Å². The van der Waals surface area contributed by atoms with E-state index >= 15 is 0 Å². The van der Waals surface area contributed by atoms with Crippen LogP contribution < -0.4 is 4.74 Å². The summed E-state index contributed by atoms with van der Waals surface area (Å²) in [5.74, 6) is 0.357. The van der Waals surface area contributed by atoms with Crippen molar-refractivity contribution >= 4 is 5.78 Å². The van der Waals surface area contributed by atoms with E-state index in [-0.39, 0.29) is 5.78 Å². The maximum absolute atomic E-state index is 10.9. The van der Waals surface area contributed by atoms with Gasteiger partial charge in [0.2, 0.25) is 5.88 Å². The molecule has 0 aliphatic carbocycles. The van der Waals surface area contributed by atoms with Crippen molar-refractivity contribution in [2.45, 2.75) is 13.8 Å². The van der Waals surface area contributed by atoms with Crippen LogP contribution in [-0.4, -0.2) is 22.4 Å². The van der Waals surface area contributed by atoms with Crippen molar-refractivity contribution in [3.8, 4) is 5.88 Å². The summed E-state index contributed by atoms with van der Waals surface area (Å²) in [5.41, 5.74) is 0.383. The van der Waals surface area contributed by atoms with Crippen molar-refractivity contribution in [3.63, 3.8) is 0 Å². The zero-order chi connectivity index (χ0) is 8.97. The lowest BCUT2D eigenvalue weighted by atomic mass is 10.3. The van der Waals surface area contributed by atoms with Gasteiger partial charge in [-0.2, -0.15) is 0 Å². The summed E-state index contributed by atoms with van der Waals surface area (Å²) in [7, 11) is 0. The molecule has 0 fully saturated rings. The quantitative estimate of drug-likeness (QED) is 0.630. The van der Waals surface area contributed by atoms with Crippen molar-refractivity contribution in [2.75, 3.05) is 6.61 Å². The molecule has 1 aromatic rings. The van der Waals surface area contributed by atoms with Gasteiger partial charge in [-0.15, -0.1) is 0 Å². The number of nitrogens with zero attached hydrogens (tertiary/aromatic N) is 2. The van der Waals surface area contributed by atoms with Crippen LogP contribution in [-0.2, 0) is 0 Å². The first-order chi connectivity index (χ1) is 5.74. The Kier molecular flexibility index (Phi) is 2.74. The van der Waals surface area contributed by atoms with Gasteiger partial charge in [0.25, 0.3) is 0 Å². The molecule has 4 heteroatoms. The van der Waals surface area contributed by atoms with Crippen molar-refractivity contribution in [1.82, 2.24) is 9.97 Å². The Balaban J connectivity index is 2.88. The number of carbonyl (C=O) groups is 1. The highest BCUT2D eigenvalue weighted by Crippen LogP contribution is 2.06. The summed E-state index contributed by atoms with van der Waals surface area (Å²) in [6.45, 7) is 3.85. The maximum Gasteiger partial charge on any atom is 0.217 e. The summed E-state index contributed by atoms with van der Waals surface area (Å²) in [6, 6.07) is 1.53. The highest BCUT2D eigenvalue weighted by atomic mass is 16.5. The average molecular weight is 166 g/mol. The molecular weight excluding hydrogens is 156 g/mol. The molecule has 64 valence electrons. The highest BCUT2D eigenvalue weighted by Gasteiger charge is 2.02. The molecule has 0 aromatic carbocycles. The molecular formula is C8H10N2O2. The maximum atomic E-state index is 10.9. The van der Waals surface area contributed by atoms with Gasteiger partial charge < -0.3 is 4.74 Å². The molecule has 0 saturated heterocycles. The Morgan fingerprint density at radius 2 is 2.33 bits per heavy atom. The zero-order valence-corrected chi connectivity index (χ0v) is 7.07. The van der Waals surface area contributed by atoms with Gasteiger partial charge in [-0.05, 0) is 6.92 Å². The summed E-state index contributed by atoms with van der Waals surface area (Å²) in [4.78, 5) is 18.5. The second-order valence-corrected chi connectivity index (χ2v) is 2.23. The smallest absolute Gasteiger partial charge is 0.217 e. The van der Waals surface area contributed by atoms with Crippen LogP contribution in [0.1, 0.15) is 24.3 Å². The van der Waals surface area contributed by atoms with Gasteiger partial charge in [-0.25, -0.2) is 9.97 Å². The number of ketones is 1. The van der Waals surface area contributed by atoms with Crippen LogP contribution in [0, 0.1) is 0 Å². The van der Waals surface area contributed by atoms with E-state index in [1.807, 2.05) is 6.92 Å². The third kappa shape index (κ3) is 2.02. The first-order valence-corrected chi connectivity index (χ1v) is 3.69. The van der Waals surface area contributed by atoms with Gasteiger partial charge >= 0.3 is 0 Å². The van der Waals surface area contributed by atoms with Gasteiger partial charge in [0, 0.05) is 13.0 Å². The summed E-state index contributed by atoms with van der Waals surface area (Å²) in [5, 5.41) is 0. The van der Waals surface area contributed by atoms with Gasteiger partial charge in [-0.1, -0.05) is 0 Å². The third-order valence-corrected chi connectivity index (χ3v) is 1.29. The molecule has 0 spiro atoms. The summed E-state index contributed by atoms with van der Waals surface area (Å²) < 4.78 is 5.09. The fraction of sp³-hybridized carbons (Fsp3) is 0.375. The molecule has 1 aromatic heterocycles. The number of hydrogen-bond donors (Lipinski definition) is 0. The minimum atomic E-state index is -0.0849. The Morgan fingerprint density at radius 3 is 2.92 bits per heavy atom. The third-order valence-electron chi connectivity index (χ3n) is 1.29. The lowest BCUT2D eigenvalue weighted by molar-refractivity contribution is 0.101. The minimum absolute atomic E-state index is 0.0849. The lowest BCUT2D eigenvalue weighted by Gasteiger charge is -2.00. The van der Waals surface area contributed by atoms with Crippen LogP contribution in [0.5, 0.6) is 5.88 Å². The molecule has 0 atom stereocenters. The first kappa shape index (κ1) is 8.64. The largest absolute Gasteiger partial charge is 0.478 e. The number of hydrogen-bond acceptors (Lipinski definition) is 4. The predicted molar refractivity (Wildman–Crippen MR) is 43.2 cm³/mol. The SMILES string of the molecule is CCOc1cc(C(C)=O)ncn1. The van der Waals surface area contributed by atoms with Crippen LogP contribution in [0.2, 0.25) is 0 Å². The van der Waals surface area contributed by atoms with Crippen molar-refractivity contribution in [1.29, 1.82) is 0 Å². The highest BCUT2D eigenvalue weighted by molar-refractivity contribution is 5.92. The standard InChI is InChI=1S/C8H10N2O2/c1-3-12-8-4-7(6(2)11)9-5-10-8/h4-5H,3H2,1-2H3. The van der Waals surface area contributed by atoms with Gasteiger partial charge in [0.15, 0.2) is 5.78 Å². The number of aromatic nitrogens is 2. The van der Waals surface area contributed by atoms with Gasteiger partial charge in [0.05, 0.1) is 6.61 Å². The number of ether oxygens (including phenoxy) is 1. The molecule has 0 unspecified atom stereocenters. The Bertz CT molecular complexity index is 286. The topological polar surface area (TPSA) is 52.1 Å². The second-order valence-electron chi connectivity index (χ2n) is 2.23. The molecule has 0 N–H and O–H groups in total. The second kappa shape index (κ2) is 3.80. The minimum Gasteiger partial charge on any atom is -0.478 e. The van der Waals surface area contributed by atoms with E-state index in [1.54, 1.807) is 0 Å². The van der Waals surface area contributed by atoms with E-state index in [2.05, 4.69) is 9.97 Å². The monoisotopic (exact) mass is 166 g/mol. The Hall–Kier alpha value is -1.45. The summed E-state index contributed by atoms with van der Waals surface area (Å²) >= 11 is 0. The molecule has 0 radical (unpaired) electrons. The van der Waals surface area contributed by atoms with Crippen molar-refractivity contribution in [2.24, 2.45) is 0 Å². The molecule has 0 aliphatic heterocycles. The molecule has 0 amide bonds. The number of carbonyl (C=O) groups excluding carboxylic acids is 1. The van der Waals surface area contributed by atoms with Crippen LogP contribution >= 0.6 is 0 Å². The average Bonchev–Trinajstić information content (AvgIpc) is 2.05. The fourth-order valence-corrected chi connectivity index (χ4v) is 0.759. The van der Waals surface area contributed by atoms with E-state index in [9.17, 15) is 4.79 Å². The fourth-order valence-electron chi connectivity index (χ4n) is 0.759. The van der Waals surface area contributed by atoms with Gasteiger partial charge in [0.1, 0.15) is 12.0 Å². The van der Waals surface area contributed by atoms with E-state index in [1.165, 1.54) is 19.3 Å². The molecule has 4 nitrogen and oxygen atoms in total. The van der Waals surface area contributed by atoms with E-state index < -0.39 is 0 Å². The molecule has 0 aliphatic rings. The van der Waals surface area contributed by atoms with Crippen molar-refractivity contribution in [3.05, 3.63) is 18.1 Å². The lowest BCUT2D eigenvalue weighted by Crippen LogP contribution is -2.00. The first-order valence-electron chi connectivity index (χ1n) is 3.69. The van der Waals surface area contributed by atoms with Crippen LogP contribution in [0.25, 0.3) is 0 Å². The molecule has 1 heterocycles. The Morgan fingerprint density at radius 1 is 1.58 bits per heavy atom. The predicted octanol–water partition coefficient (Wildman–Crippen LogP) is 1.08. The molecule has 12 heavy (non-hydrogen) atoms. The van der Waals surface area contributed by atoms with E-state index in [4.69, 9.17) is 4.74 Å². The van der Waals surface area contributed by atoms with Crippen LogP contribution in [0.3, 0.4) is 0 Å². The zero-order valence-electron chi connectivity index (χ0n) is 7.07.